The number of aliphatic hydroxyl groups excluding tert-OH is 1. The minimum Gasteiger partial charge on any atom is -0.878 e. The molecule has 0 heterocycles. The van der Waals surface area contributed by atoms with Crippen LogP contribution in [0.5, 0.6) is 0 Å². The molecule has 0 saturated heterocycles. The van der Waals surface area contributed by atoms with Crippen molar-refractivity contribution in [1.29, 1.82) is 0 Å². The number of rotatable bonds is 0. The van der Waals surface area contributed by atoms with Crippen molar-refractivity contribution >= 4 is 0 Å². The molecule has 0 amide bonds. The summed E-state index contributed by atoms with van der Waals surface area (Å²) >= 11 is 0. The molecule has 1 N–H and O–H groups in total. The Kier molecular flexibility index (Phi) is 133. The third-order valence-electron chi connectivity index (χ3n) is 0.285. The standard InChI is InChI=1S/2C3H6O.CH3.2Li/c2*1-2-3-4;;;/h2*2-4H,1H3;1H3;;/q;;-1;2*+1/p-1. The Morgan fingerprint density at radius 2 is 1.27 bits per heavy atom. The smallest absolute Gasteiger partial charge is 0.878 e. The third-order valence-corrected chi connectivity index (χ3v) is 0.285. The van der Waals surface area contributed by atoms with E-state index < -0.39 is 0 Å². The van der Waals surface area contributed by atoms with Crippen LogP contribution in [-0.2, 0) is 0 Å². The number of hydrogen-bond donors (Lipinski definition) is 1. The van der Waals surface area contributed by atoms with E-state index >= 15 is 0 Å². The van der Waals surface area contributed by atoms with Gasteiger partial charge in [-0.1, -0.05) is 6.08 Å². The van der Waals surface area contributed by atoms with Crippen LogP contribution in [0.1, 0.15) is 13.8 Å². The van der Waals surface area contributed by atoms with E-state index in [-0.39, 0.29) is 45.1 Å². The minimum absolute atomic E-state index is 0. The molecule has 0 aliphatic rings. The zero-order valence-corrected chi connectivity index (χ0v) is 8.16. The van der Waals surface area contributed by atoms with Gasteiger partial charge < -0.3 is 17.6 Å². The predicted octanol–water partition coefficient (Wildman–Crippen LogP) is -4.58. The molecule has 2 nitrogen and oxygen atoms in total. The van der Waals surface area contributed by atoms with Gasteiger partial charge in [-0.2, -0.15) is 6.26 Å². The Morgan fingerprint density at radius 1 is 1.09 bits per heavy atom. The van der Waals surface area contributed by atoms with Gasteiger partial charge in [0.15, 0.2) is 0 Å². The summed E-state index contributed by atoms with van der Waals surface area (Å²) in [5.74, 6) is 0. The largest absolute Gasteiger partial charge is 1.00 e. The zero-order valence-electron chi connectivity index (χ0n) is 8.16. The van der Waals surface area contributed by atoms with E-state index in [1.54, 1.807) is 19.9 Å². The fraction of sp³-hybridized carbons (Fsp3) is 0.286. The van der Waals surface area contributed by atoms with Crippen molar-refractivity contribution in [3.8, 4) is 0 Å². The van der Waals surface area contributed by atoms with Gasteiger partial charge in [0.05, 0.1) is 6.26 Å². The van der Waals surface area contributed by atoms with Crippen molar-refractivity contribution in [3.05, 3.63) is 32.1 Å². The maximum Gasteiger partial charge on any atom is 1.00 e. The SMILES string of the molecule is CC=CO.CC=C[O-].[CH3-].[Li+].[Li+]. The predicted molar refractivity (Wildman–Crippen MR) is 38.7 cm³/mol. The molecule has 0 aliphatic carbocycles. The molecule has 0 aromatic rings. The van der Waals surface area contributed by atoms with E-state index in [0.29, 0.717) is 0 Å². The monoisotopic (exact) mass is 144 g/mol. The zero-order chi connectivity index (χ0) is 6.83. The van der Waals surface area contributed by atoms with Crippen LogP contribution >= 0.6 is 0 Å². The summed E-state index contributed by atoms with van der Waals surface area (Å²) in [4.78, 5) is 0. The number of allylic oxidation sites excluding steroid dienone is 2. The molecule has 0 atom stereocenters. The van der Waals surface area contributed by atoms with Gasteiger partial charge in [-0.15, -0.1) is 6.08 Å². The van der Waals surface area contributed by atoms with Crippen LogP contribution in [0.2, 0.25) is 0 Å². The Morgan fingerprint density at radius 3 is 1.27 bits per heavy atom. The molecule has 11 heavy (non-hydrogen) atoms. The van der Waals surface area contributed by atoms with Crippen LogP contribution in [0.25, 0.3) is 0 Å². The summed E-state index contributed by atoms with van der Waals surface area (Å²) in [5.41, 5.74) is 0. The molecule has 0 aromatic heterocycles. The van der Waals surface area contributed by atoms with Gasteiger partial charge in [0, 0.05) is 0 Å². The molecule has 0 fully saturated rings. The van der Waals surface area contributed by atoms with Gasteiger partial charge in [-0.3, -0.25) is 0 Å². The molecular weight excluding hydrogens is 130 g/mol. The van der Waals surface area contributed by atoms with Gasteiger partial charge in [0.1, 0.15) is 0 Å². The fourth-order valence-corrected chi connectivity index (χ4v) is 0. The van der Waals surface area contributed by atoms with E-state index in [1.165, 1.54) is 6.08 Å². The molecule has 0 saturated carbocycles. The average Bonchev–Trinajstić information content (AvgIpc) is 1.88. The van der Waals surface area contributed by atoms with Crippen molar-refractivity contribution in [2.45, 2.75) is 13.8 Å². The molecular formula is C7H14Li2O2. The van der Waals surface area contributed by atoms with Crippen LogP contribution in [0.3, 0.4) is 0 Å². The van der Waals surface area contributed by atoms with Gasteiger partial charge in [0.2, 0.25) is 0 Å². The maximum absolute atomic E-state index is 9.12. The average molecular weight is 144 g/mol. The van der Waals surface area contributed by atoms with Crippen molar-refractivity contribution in [1.82, 2.24) is 0 Å². The Hall–Kier alpha value is 0.275. The second kappa shape index (κ2) is 48.4. The number of hydrogen-bond acceptors (Lipinski definition) is 2. The third kappa shape index (κ3) is 136. The van der Waals surface area contributed by atoms with Gasteiger partial charge in [-0.25, -0.2) is 0 Å². The summed E-state index contributed by atoms with van der Waals surface area (Å²) in [6.45, 7) is 3.44. The van der Waals surface area contributed by atoms with Crippen LogP contribution in [0.4, 0.5) is 0 Å². The molecule has 0 radical (unpaired) electrons. The fourth-order valence-electron chi connectivity index (χ4n) is 0. The van der Waals surface area contributed by atoms with E-state index in [1.807, 2.05) is 0 Å². The molecule has 4 heteroatoms. The molecule has 56 valence electrons. The van der Waals surface area contributed by atoms with Crippen molar-refractivity contribution in [2.24, 2.45) is 0 Å². The second-order valence-electron chi connectivity index (χ2n) is 0.952. The Labute approximate surface area is 93.7 Å². The maximum atomic E-state index is 9.12. The van der Waals surface area contributed by atoms with Crippen molar-refractivity contribution < 1.29 is 47.9 Å². The summed E-state index contributed by atoms with van der Waals surface area (Å²) in [6.07, 6.45) is 4.75. The summed E-state index contributed by atoms with van der Waals surface area (Å²) in [5, 5.41) is 16.8. The first-order chi connectivity index (χ1) is 3.83. The molecule has 0 rings (SSSR count). The first kappa shape index (κ1) is 30.2. The van der Waals surface area contributed by atoms with Crippen LogP contribution < -0.4 is 42.8 Å². The molecule has 0 bridgehead atoms. The normalized spacial score (nSPS) is 6.73. The molecule has 0 aliphatic heterocycles. The minimum atomic E-state index is 0. The van der Waals surface area contributed by atoms with Crippen LogP contribution in [-0.4, -0.2) is 5.11 Å². The van der Waals surface area contributed by atoms with Crippen molar-refractivity contribution in [2.75, 3.05) is 0 Å². The first-order valence-corrected chi connectivity index (χ1v) is 2.32. The summed E-state index contributed by atoms with van der Waals surface area (Å²) < 4.78 is 0. The van der Waals surface area contributed by atoms with Gasteiger partial charge >= 0.3 is 37.7 Å². The quantitative estimate of drug-likeness (QED) is 0.211. The first-order valence-electron chi connectivity index (χ1n) is 2.32. The van der Waals surface area contributed by atoms with Crippen molar-refractivity contribution in [3.63, 3.8) is 0 Å². The molecule has 0 spiro atoms. The topological polar surface area (TPSA) is 43.3 Å². The second-order valence-corrected chi connectivity index (χ2v) is 0.952. The van der Waals surface area contributed by atoms with E-state index in [9.17, 15) is 0 Å². The number of aliphatic hydroxyl groups is 1. The van der Waals surface area contributed by atoms with Gasteiger partial charge in [0.25, 0.3) is 0 Å². The van der Waals surface area contributed by atoms with E-state index in [0.717, 1.165) is 12.5 Å². The summed E-state index contributed by atoms with van der Waals surface area (Å²) in [7, 11) is 0. The molecule has 0 unspecified atom stereocenters. The van der Waals surface area contributed by atoms with E-state index in [4.69, 9.17) is 10.2 Å². The van der Waals surface area contributed by atoms with E-state index in [2.05, 4.69) is 0 Å². The van der Waals surface area contributed by atoms with Crippen LogP contribution in [0.15, 0.2) is 24.7 Å². The molecule has 0 aromatic carbocycles. The summed E-state index contributed by atoms with van der Waals surface area (Å²) in [6, 6.07) is 0. The Balaban J connectivity index is -0.0000000171. The van der Waals surface area contributed by atoms with Gasteiger partial charge in [-0.05, 0) is 13.8 Å². The Bertz CT molecular complexity index is 54.8. The van der Waals surface area contributed by atoms with Crippen LogP contribution in [0, 0.1) is 7.43 Å².